The molecule has 0 aliphatic rings. The van der Waals surface area contributed by atoms with Crippen molar-refractivity contribution >= 4 is 39.1 Å². The van der Waals surface area contributed by atoms with Crippen molar-refractivity contribution in [3.63, 3.8) is 0 Å². The number of hydrazone groups is 1. The van der Waals surface area contributed by atoms with E-state index in [-0.39, 0.29) is 18.2 Å². The van der Waals surface area contributed by atoms with Gasteiger partial charge in [0.05, 0.1) is 23.3 Å². The van der Waals surface area contributed by atoms with Crippen LogP contribution in [0.2, 0.25) is 0 Å². The lowest BCUT2D eigenvalue weighted by Gasteiger charge is -2.06. The highest BCUT2D eigenvalue weighted by Gasteiger charge is 2.09. The molecule has 0 saturated carbocycles. The summed E-state index contributed by atoms with van der Waals surface area (Å²) >= 11 is 3.22. The number of halogens is 1. The molecule has 0 saturated heterocycles. The number of hydrogen-bond acceptors (Lipinski definition) is 6. The summed E-state index contributed by atoms with van der Waals surface area (Å²) in [5.74, 6) is -0.0327. The van der Waals surface area contributed by atoms with Crippen LogP contribution in [0.3, 0.4) is 0 Å². The lowest BCUT2D eigenvalue weighted by atomic mass is 10.2. The van der Waals surface area contributed by atoms with Gasteiger partial charge in [0.2, 0.25) is 0 Å². The normalized spacial score (nSPS) is 11.1. The summed E-state index contributed by atoms with van der Waals surface area (Å²) < 4.78 is 7.02. The number of phenols is 1. The summed E-state index contributed by atoms with van der Waals surface area (Å²) in [6.45, 7) is 0.000443. The number of nitrogens with one attached hydrogen (secondary N) is 1. The number of fused-ring (bicyclic) bond motifs is 1. The summed E-state index contributed by atoms with van der Waals surface area (Å²) in [6.07, 6.45) is 1.45. The van der Waals surface area contributed by atoms with E-state index in [2.05, 4.69) is 36.8 Å². The molecule has 2 N–H and O–H groups in total. The summed E-state index contributed by atoms with van der Waals surface area (Å²) in [5, 5.41) is 21.6. The first kappa shape index (κ1) is 16.9. The van der Waals surface area contributed by atoms with E-state index in [1.54, 1.807) is 12.1 Å². The van der Waals surface area contributed by atoms with Crippen LogP contribution in [0.25, 0.3) is 11.0 Å². The lowest BCUT2D eigenvalue weighted by molar-refractivity contribution is -0.121. The molecule has 1 amide bonds. The highest BCUT2D eigenvalue weighted by atomic mass is 79.9. The van der Waals surface area contributed by atoms with Crippen LogP contribution in [0.5, 0.6) is 11.5 Å². The van der Waals surface area contributed by atoms with Crippen LogP contribution >= 0.6 is 15.9 Å². The average molecular weight is 404 g/mol. The fourth-order valence-corrected chi connectivity index (χ4v) is 2.67. The molecule has 0 unspecified atom stereocenters. The highest BCUT2D eigenvalue weighted by molar-refractivity contribution is 9.10. The van der Waals surface area contributed by atoms with Crippen molar-refractivity contribution in [3.8, 4) is 11.5 Å². The molecule has 3 rings (SSSR count). The van der Waals surface area contributed by atoms with E-state index in [0.717, 1.165) is 11.0 Å². The van der Waals surface area contributed by atoms with Crippen LogP contribution in [0, 0.1) is 0 Å². The molecule has 25 heavy (non-hydrogen) atoms. The van der Waals surface area contributed by atoms with Crippen LogP contribution in [-0.2, 0) is 11.3 Å². The van der Waals surface area contributed by atoms with Gasteiger partial charge in [-0.2, -0.15) is 5.10 Å². The predicted molar refractivity (Wildman–Crippen MR) is 95.6 cm³/mol. The number of para-hydroxylation sites is 1. The summed E-state index contributed by atoms with van der Waals surface area (Å²) in [6, 6.07) is 10.6. The number of carbonyl (C=O) groups excluding carboxylic acids is 1. The van der Waals surface area contributed by atoms with Crippen molar-refractivity contribution in [3.05, 3.63) is 46.4 Å². The van der Waals surface area contributed by atoms with Crippen molar-refractivity contribution in [2.45, 2.75) is 6.54 Å². The number of hydrogen-bond donors (Lipinski definition) is 2. The van der Waals surface area contributed by atoms with Crippen molar-refractivity contribution < 1.29 is 14.6 Å². The van der Waals surface area contributed by atoms with Crippen LogP contribution in [0.15, 0.2) is 46.0 Å². The van der Waals surface area contributed by atoms with Gasteiger partial charge in [0, 0.05) is 0 Å². The van der Waals surface area contributed by atoms with Crippen LogP contribution in [-0.4, -0.2) is 39.3 Å². The summed E-state index contributed by atoms with van der Waals surface area (Å²) in [4.78, 5) is 12.0. The molecule has 1 aromatic heterocycles. The van der Waals surface area contributed by atoms with Gasteiger partial charge in [-0.25, -0.2) is 10.1 Å². The monoisotopic (exact) mass is 403 g/mol. The number of amides is 1. The minimum atomic E-state index is -0.336. The second-order valence-electron chi connectivity index (χ2n) is 5.08. The molecular weight excluding hydrogens is 390 g/mol. The minimum Gasteiger partial charge on any atom is -0.503 e. The Morgan fingerprint density at radius 3 is 3.04 bits per heavy atom. The van der Waals surface area contributed by atoms with Crippen LogP contribution < -0.4 is 10.2 Å². The van der Waals surface area contributed by atoms with Crippen molar-refractivity contribution in [2.24, 2.45) is 5.10 Å². The Labute approximate surface area is 151 Å². The van der Waals surface area contributed by atoms with E-state index in [1.165, 1.54) is 18.0 Å². The second kappa shape index (κ2) is 7.31. The van der Waals surface area contributed by atoms with E-state index in [9.17, 15) is 9.90 Å². The molecule has 9 heteroatoms. The number of methoxy groups -OCH3 is 1. The number of benzene rings is 2. The van der Waals surface area contributed by atoms with Crippen LogP contribution in [0.4, 0.5) is 0 Å². The number of rotatable bonds is 5. The Morgan fingerprint density at radius 1 is 1.44 bits per heavy atom. The number of phenolic OH excluding ortho intramolecular Hbond substituents is 1. The van der Waals surface area contributed by atoms with Gasteiger partial charge in [-0.3, -0.25) is 4.79 Å². The summed E-state index contributed by atoms with van der Waals surface area (Å²) in [7, 11) is 1.45. The Kier molecular flexibility index (Phi) is 4.94. The molecule has 0 aliphatic carbocycles. The zero-order valence-electron chi connectivity index (χ0n) is 13.2. The Bertz CT molecular complexity index is 954. The molecule has 3 aromatic rings. The second-order valence-corrected chi connectivity index (χ2v) is 5.94. The number of carbonyl (C=O) groups is 1. The molecule has 0 fully saturated rings. The largest absolute Gasteiger partial charge is 0.503 e. The van der Waals surface area contributed by atoms with Gasteiger partial charge in [-0.15, -0.1) is 5.10 Å². The third-order valence-electron chi connectivity index (χ3n) is 3.39. The van der Waals surface area contributed by atoms with Gasteiger partial charge in [0.25, 0.3) is 5.91 Å². The lowest BCUT2D eigenvalue weighted by Crippen LogP contribution is -2.23. The Hall–Kier alpha value is -2.94. The topological polar surface area (TPSA) is 102 Å². The van der Waals surface area contributed by atoms with Crippen LogP contribution in [0.1, 0.15) is 5.56 Å². The Morgan fingerprint density at radius 2 is 2.24 bits per heavy atom. The maximum absolute atomic E-state index is 12.0. The quantitative estimate of drug-likeness (QED) is 0.501. The molecule has 0 bridgehead atoms. The van der Waals surface area contributed by atoms with E-state index in [4.69, 9.17) is 4.74 Å². The number of ether oxygens (including phenoxy) is 1. The standard InChI is InChI=1S/C16H14BrN5O3/c1-25-14-7-10(6-11(17)16(14)24)8-18-20-15(23)9-22-13-5-3-2-4-12(13)19-21-22/h2-8,24H,9H2,1H3,(H,20,23)/b18-8+. The van der Waals surface area contributed by atoms with Crippen molar-refractivity contribution in [1.29, 1.82) is 0 Å². The van der Waals surface area contributed by atoms with Crippen molar-refractivity contribution in [2.75, 3.05) is 7.11 Å². The van der Waals surface area contributed by atoms with Gasteiger partial charge in [0.15, 0.2) is 11.5 Å². The molecule has 2 aromatic carbocycles. The first-order valence-corrected chi connectivity index (χ1v) is 8.04. The maximum Gasteiger partial charge on any atom is 0.261 e. The maximum atomic E-state index is 12.0. The van der Waals surface area contributed by atoms with E-state index >= 15 is 0 Å². The number of aromatic hydroxyl groups is 1. The molecule has 0 spiro atoms. The Balaban J connectivity index is 1.66. The van der Waals surface area contributed by atoms with E-state index in [1.807, 2.05) is 24.3 Å². The first-order valence-electron chi connectivity index (χ1n) is 7.25. The van der Waals surface area contributed by atoms with Gasteiger partial charge in [-0.1, -0.05) is 17.3 Å². The zero-order chi connectivity index (χ0) is 17.8. The minimum absolute atomic E-state index is 0.000443. The number of nitrogens with zero attached hydrogens (tertiary/aromatic N) is 4. The zero-order valence-corrected chi connectivity index (χ0v) is 14.8. The molecule has 128 valence electrons. The first-order chi connectivity index (χ1) is 12.1. The SMILES string of the molecule is COc1cc(/C=N/NC(=O)Cn2nnc3ccccc32)cc(Br)c1O. The van der Waals surface area contributed by atoms with E-state index in [0.29, 0.717) is 15.8 Å². The van der Waals surface area contributed by atoms with Crippen molar-refractivity contribution in [1.82, 2.24) is 20.4 Å². The van der Waals surface area contributed by atoms with Gasteiger partial charge >= 0.3 is 0 Å². The fraction of sp³-hybridized carbons (Fsp3) is 0.125. The highest BCUT2D eigenvalue weighted by Crippen LogP contribution is 2.34. The molecule has 8 nitrogen and oxygen atoms in total. The third-order valence-corrected chi connectivity index (χ3v) is 3.99. The van der Waals surface area contributed by atoms with Gasteiger partial charge < -0.3 is 9.84 Å². The van der Waals surface area contributed by atoms with E-state index < -0.39 is 0 Å². The molecular formula is C16H14BrN5O3. The molecule has 0 aliphatic heterocycles. The number of aromatic nitrogens is 3. The average Bonchev–Trinajstić information content (AvgIpc) is 3.01. The molecule has 0 atom stereocenters. The summed E-state index contributed by atoms with van der Waals surface area (Å²) in [5.41, 5.74) is 4.57. The van der Waals surface area contributed by atoms with Gasteiger partial charge in [-0.05, 0) is 45.8 Å². The van der Waals surface area contributed by atoms with Gasteiger partial charge in [0.1, 0.15) is 12.1 Å². The third kappa shape index (κ3) is 3.77. The molecule has 1 heterocycles. The fourth-order valence-electron chi connectivity index (χ4n) is 2.21. The predicted octanol–water partition coefficient (Wildman–Crippen LogP) is 2.06. The smallest absolute Gasteiger partial charge is 0.261 e. The molecule has 0 radical (unpaired) electrons.